The molecule has 2 rings (SSSR count). The number of alkyl halides is 2. The number of ether oxygens (including phenoxy) is 1. The van der Waals surface area contributed by atoms with Crippen molar-refractivity contribution in [2.75, 3.05) is 26.2 Å². The molecule has 1 aliphatic rings. The monoisotopic (exact) mass is 312 g/mol. The summed E-state index contributed by atoms with van der Waals surface area (Å²) in [5, 5.41) is 3.36. The maximum Gasteiger partial charge on any atom is 0.387 e. The average molecular weight is 312 g/mol. The van der Waals surface area contributed by atoms with Crippen LogP contribution in [0.5, 0.6) is 5.75 Å². The molecular formula is C17H26F2N2O. The summed E-state index contributed by atoms with van der Waals surface area (Å²) in [5.41, 5.74) is 1.07. The zero-order valence-electron chi connectivity index (χ0n) is 13.4. The highest BCUT2D eigenvalue weighted by Gasteiger charge is 2.22. The van der Waals surface area contributed by atoms with Crippen LogP contribution < -0.4 is 10.1 Å². The van der Waals surface area contributed by atoms with Crippen LogP contribution in [0.1, 0.15) is 38.3 Å². The van der Waals surface area contributed by atoms with Crippen molar-refractivity contribution in [1.29, 1.82) is 0 Å². The van der Waals surface area contributed by atoms with Gasteiger partial charge >= 0.3 is 6.61 Å². The van der Waals surface area contributed by atoms with Crippen LogP contribution in [0.2, 0.25) is 0 Å². The Morgan fingerprint density at radius 2 is 1.91 bits per heavy atom. The van der Waals surface area contributed by atoms with Crippen molar-refractivity contribution >= 4 is 0 Å². The maximum absolute atomic E-state index is 12.4. The number of nitrogens with zero attached hydrogens (tertiary/aromatic N) is 1. The van der Waals surface area contributed by atoms with E-state index in [1.165, 1.54) is 0 Å². The first-order valence-electron chi connectivity index (χ1n) is 8.06. The van der Waals surface area contributed by atoms with Crippen LogP contribution in [-0.4, -0.2) is 37.7 Å². The number of benzene rings is 1. The third kappa shape index (κ3) is 5.21. The van der Waals surface area contributed by atoms with Gasteiger partial charge in [0.1, 0.15) is 5.75 Å². The lowest BCUT2D eigenvalue weighted by Crippen LogP contribution is -2.45. The topological polar surface area (TPSA) is 24.5 Å². The first-order chi connectivity index (χ1) is 10.6. The first-order valence-corrected chi connectivity index (χ1v) is 8.06. The van der Waals surface area contributed by atoms with Crippen molar-refractivity contribution in [3.63, 3.8) is 0 Å². The summed E-state index contributed by atoms with van der Waals surface area (Å²) in [7, 11) is 0. The highest BCUT2D eigenvalue weighted by Crippen LogP contribution is 2.30. The fourth-order valence-corrected chi connectivity index (χ4v) is 2.94. The number of rotatable bonds is 7. The van der Waals surface area contributed by atoms with Gasteiger partial charge in [0.25, 0.3) is 0 Å². The average Bonchev–Trinajstić information content (AvgIpc) is 2.48. The van der Waals surface area contributed by atoms with E-state index in [9.17, 15) is 8.78 Å². The molecule has 0 radical (unpaired) electrons. The van der Waals surface area contributed by atoms with Gasteiger partial charge in [0, 0.05) is 32.2 Å². The second-order valence-corrected chi connectivity index (χ2v) is 6.22. The Morgan fingerprint density at radius 3 is 2.55 bits per heavy atom. The Labute approximate surface area is 131 Å². The normalized spacial score (nSPS) is 17.9. The van der Waals surface area contributed by atoms with Crippen LogP contribution in [0, 0.1) is 5.92 Å². The standard InChI is InChI=1S/C17H26F2N2O/c1-13(2)6-7-16(21-10-8-20-9-11-21)14-4-3-5-15(12-14)22-17(18)19/h3-5,12-13,16-17,20H,6-11H2,1-2H3/t16-/m1/s1. The van der Waals surface area contributed by atoms with Crippen LogP contribution in [0.15, 0.2) is 24.3 Å². The lowest BCUT2D eigenvalue weighted by Gasteiger charge is -2.35. The van der Waals surface area contributed by atoms with Crippen molar-refractivity contribution in [2.45, 2.75) is 39.3 Å². The Morgan fingerprint density at radius 1 is 1.18 bits per heavy atom. The molecule has 0 aromatic heterocycles. The van der Waals surface area contributed by atoms with E-state index in [-0.39, 0.29) is 11.8 Å². The van der Waals surface area contributed by atoms with Gasteiger partial charge in [-0.05, 0) is 36.5 Å². The van der Waals surface area contributed by atoms with E-state index in [4.69, 9.17) is 0 Å². The van der Waals surface area contributed by atoms with Crippen molar-refractivity contribution in [1.82, 2.24) is 10.2 Å². The van der Waals surface area contributed by atoms with Gasteiger partial charge < -0.3 is 10.1 Å². The minimum atomic E-state index is -2.77. The second kappa shape index (κ2) is 8.44. The molecule has 0 unspecified atom stereocenters. The van der Waals surface area contributed by atoms with Gasteiger partial charge in [-0.15, -0.1) is 0 Å². The van der Waals surface area contributed by atoms with Gasteiger partial charge in [0.05, 0.1) is 0 Å². The molecular weight excluding hydrogens is 286 g/mol. The van der Waals surface area contributed by atoms with E-state index in [2.05, 4.69) is 28.8 Å². The molecule has 5 heteroatoms. The van der Waals surface area contributed by atoms with Crippen molar-refractivity contribution in [3.05, 3.63) is 29.8 Å². The van der Waals surface area contributed by atoms with Gasteiger partial charge in [-0.25, -0.2) is 0 Å². The lowest BCUT2D eigenvalue weighted by molar-refractivity contribution is -0.0499. The minimum Gasteiger partial charge on any atom is -0.435 e. The summed E-state index contributed by atoms with van der Waals surface area (Å²) in [6.07, 6.45) is 2.16. The van der Waals surface area contributed by atoms with E-state index in [1.54, 1.807) is 18.2 Å². The molecule has 0 aliphatic carbocycles. The number of hydrogen-bond donors (Lipinski definition) is 1. The smallest absolute Gasteiger partial charge is 0.387 e. The highest BCUT2D eigenvalue weighted by atomic mass is 19.3. The highest BCUT2D eigenvalue weighted by molar-refractivity contribution is 5.30. The molecule has 0 amide bonds. The third-order valence-electron chi connectivity index (χ3n) is 4.08. The van der Waals surface area contributed by atoms with E-state index in [0.717, 1.165) is 44.6 Å². The van der Waals surface area contributed by atoms with Crippen LogP contribution in [-0.2, 0) is 0 Å². The quantitative estimate of drug-likeness (QED) is 0.831. The fourth-order valence-electron chi connectivity index (χ4n) is 2.94. The molecule has 1 N–H and O–H groups in total. The van der Waals surface area contributed by atoms with Gasteiger partial charge in [0.2, 0.25) is 0 Å². The number of halogens is 2. The van der Waals surface area contributed by atoms with Gasteiger partial charge in [-0.2, -0.15) is 8.78 Å². The van der Waals surface area contributed by atoms with Crippen LogP contribution >= 0.6 is 0 Å². The molecule has 1 aromatic carbocycles. The summed E-state index contributed by atoms with van der Waals surface area (Å²) in [6.45, 7) is 5.59. The Balaban J connectivity index is 2.15. The zero-order valence-corrected chi connectivity index (χ0v) is 13.4. The predicted octanol–water partition coefficient (Wildman–Crippen LogP) is 3.67. The molecule has 1 aliphatic heterocycles. The molecule has 22 heavy (non-hydrogen) atoms. The van der Waals surface area contributed by atoms with Crippen LogP contribution in [0.3, 0.4) is 0 Å². The Kier molecular flexibility index (Phi) is 6.58. The van der Waals surface area contributed by atoms with Crippen molar-refractivity contribution in [3.8, 4) is 5.75 Å². The molecule has 1 atom stereocenters. The van der Waals surface area contributed by atoms with Gasteiger partial charge in [-0.3, -0.25) is 4.90 Å². The zero-order chi connectivity index (χ0) is 15.9. The largest absolute Gasteiger partial charge is 0.435 e. The molecule has 1 aromatic rings. The van der Waals surface area contributed by atoms with Crippen molar-refractivity contribution < 1.29 is 13.5 Å². The second-order valence-electron chi connectivity index (χ2n) is 6.22. The molecule has 1 saturated heterocycles. The summed E-state index contributed by atoms with van der Waals surface area (Å²) in [4.78, 5) is 2.44. The first kappa shape index (κ1) is 17.2. The Hall–Kier alpha value is -1.20. The third-order valence-corrected chi connectivity index (χ3v) is 4.08. The minimum absolute atomic E-state index is 0.247. The molecule has 3 nitrogen and oxygen atoms in total. The molecule has 0 saturated carbocycles. The molecule has 1 fully saturated rings. The van der Waals surface area contributed by atoms with Crippen molar-refractivity contribution in [2.24, 2.45) is 5.92 Å². The summed E-state index contributed by atoms with van der Waals surface area (Å²) < 4.78 is 29.4. The van der Waals surface area contributed by atoms with E-state index in [1.807, 2.05) is 6.07 Å². The van der Waals surface area contributed by atoms with Gasteiger partial charge in [-0.1, -0.05) is 26.0 Å². The number of hydrogen-bond acceptors (Lipinski definition) is 3. The van der Waals surface area contributed by atoms with E-state index < -0.39 is 6.61 Å². The van der Waals surface area contributed by atoms with E-state index >= 15 is 0 Å². The Bertz CT molecular complexity index is 448. The molecule has 1 heterocycles. The number of piperazine rings is 1. The summed E-state index contributed by atoms with van der Waals surface area (Å²) in [6, 6.07) is 7.44. The molecule has 0 spiro atoms. The number of nitrogens with one attached hydrogen (secondary N) is 1. The van der Waals surface area contributed by atoms with Gasteiger partial charge in [0.15, 0.2) is 0 Å². The predicted molar refractivity (Wildman–Crippen MR) is 84.3 cm³/mol. The van der Waals surface area contributed by atoms with E-state index in [0.29, 0.717) is 5.92 Å². The lowest BCUT2D eigenvalue weighted by atomic mass is 9.95. The van der Waals surface area contributed by atoms with Crippen LogP contribution in [0.25, 0.3) is 0 Å². The fraction of sp³-hybridized carbons (Fsp3) is 0.647. The molecule has 0 bridgehead atoms. The summed E-state index contributed by atoms with van der Waals surface area (Å²) >= 11 is 0. The molecule has 124 valence electrons. The summed E-state index contributed by atoms with van der Waals surface area (Å²) in [5.74, 6) is 0.878. The maximum atomic E-state index is 12.4. The van der Waals surface area contributed by atoms with Crippen LogP contribution in [0.4, 0.5) is 8.78 Å². The SMILES string of the molecule is CC(C)CC[C@H](c1cccc(OC(F)F)c1)N1CCNCC1.